The van der Waals surface area contributed by atoms with Gasteiger partial charge in [0.05, 0.1) is 6.10 Å². The lowest BCUT2D eigenvalue weighted by Gasteiger charge is -2.15. The zero-order chi connectivity index (χ0) is 15.8. The molecule has 0 aromatic carbocycles. The highest BCUT2D eigenvalue weighted by atomic mass is 79.9. The molecule has 0 amide bonds. The molecule has 2 N–H and O–H groups in total. The van der Waals surface area contributed by atoms with Crippen molar-refractivity contribution in [3.05, 3.63) is 0 Å². The Morgan fingerprint density at radius 1 is 0.909 bits per heavy atom. The molecule has 0 aliphatic carbocycles. The van der Waals surface area contributed by atoms with Gasteiger partial charge in [0.25, 0.3) is 0 Å². The second-order valence-electron chi connectivity index (χ2n) is 6.54. The largest absolute Gasteiger partial charge is 0.392 e. The van der Waals surface area contributed by atoms with Gasteiger partial charge in [-0.3, -0.25) is 0 Å². The Kier molecular flexibility index (Phi) is 22.8. The molecule has 0 fully saturated rings. The standard InChI is InChI=1S/C18H38BrNO.BrH/c1-3-4-5-6-7-8-9-10-11-12-13-20-16-17(2)14-18(21)15-19;/h17-18,20-21H,3-16H2,1-2H3;1H. The molecule has 0 aromatic heterocycles. The maximum atomic E-state index is 9.54. The fourth-order valence-electron chi connectivity index (χ4n) is 2.70. The van der Waals surface area contributed by atoms with Crippen molar-refractivity contribution in [2.24, 2.45) is 5.92 Å². The maximum Gasteiger partial charge on any atom is 0.0640 e. The molecule has 0 aliphatic rings. The minimum absolute atomic E-state index is 0. The van der Waals surface area contributed by atoms with Crippen LogP contribution in [0.2, 0.25) is 0 Å². The molecule has 0 aliphatic heterocycles. The lowest BCUT2D eigenvalue weighted by molar-refractivity contribution is 0.169. The van der Waals surface area contributed by atoms with Gasteiger partial charge in [-0.05, 0) is 31.8 Å². The third-order valence-electron chi connectivity index (χ3n) is 4.05. The lowest BCUT2D eigenvalue weighted by atomic mass is 10.0. The van der Waals surface area contributed by atoms with Gasteiger partial charge in [-0.2, -0.15) is 0 Å². The summed E-state index contributed by atoms with van der Waals surface area (Å²) in [6, 6.07) is 0. The number of unbranched alkanes of at least 4 members (excludes halogenated alkanes) is 9. The highest BCUT2D eigenvalue weighted by Crippen LogP contribution is 2.10. The summed E-state index contributed by atoms with van der Waals surface area (Å²) < 4.78 is 0. The van der Waals surface area contributed by atoms with E-state index >= 15 is 0 Å². The second kappa shape index (κ2) is 19.9. The minimum Gasteiger partial charge on any atom is -0.392 e. The number of aliphatic hydroxyl groups is 1. The molecule has 0 bridgehead atoms. The summed E-state index contributed by atoms with van der Waals surface area (Å²) in [6.07, 6.45) is 14.7. The molecule has 0 heterocycles. The summed E-state index contributed by atoms with van der Waals surface area (Å²) in [5.41, 5.74) is 0. The maximum absolute atomic E-state index is 9.54. The first kappa shape index (κ1) is 25.1. The molecule has 0 saturated carbocycles. The monoisotopic (exact) mass is 443 g/mol. The van der Waals surface area contributed by atoms with E-state index in [9.17, 15) is 5.11 Å². The molecule has 0 aromatic rings. The number of hydrogen-bond acceptors (Lipinski definition) is 2. The first-order valence-corrected chi connectivity index (χ1v) is 10.3. The molecule has 0 radical (unpaired) electrons. The zero-order valence-electron chi connectivity index (χ0n) is 14.8. The molecular weight excluding hydrogens is 406 g/mol. The van der Waals surface area contributed by atoms with E-state index in [0.29, 0.717) is 11.2 Å². The van der Waals surface area contributed by atoms with Crippen LogP contribution in [0.4, 0.5) is 0 Å². The van der Waals surface area contributed by atoms with E-state index in [4.69, 9.17) is 0 Å². The Morgan fingerprint density at radius 3 is 1.91 bits per heavy atom. The summed E-state index contributed by atoms with van der Waals surface area (Å²) in [5, 5.41) is 13.7. The summed E-state index contributed by atoms with van der Waals surface area (Å²) >= 11 is 3.31. The molecule has 2 atom stereocenters. The van der Waals surface area contributed by atoms with Crippen LogP contribution in [0.3, 0.4) is 0 Å². The number of rotatable bonds is 16. The van der Waals surface area contributed by atoms with E-state index < -0.39 is 0 Å². The van der Waals surface area contributed by atoms with Crippen molar-refractivity contribution < 1.29 is 5.11 Å². The van der Waals surface area contributed by atoms with Crippen molar-refractivity contribution in [2.75, 3.05) is 18.4 Å². The van der Waals surface area contributed by atoms with Crippen LogP contribution in [0.25, 0.3) is 0 Å². The van der Waals surface area contributed by atoms with Gasteiger partial charge < -0.3 is 10.4 Å². The fraction of sp³-hybridized carbons (Fsp3) is 1.00. The third-order valence-corrected chi connectivity index (χ3v) is 4.80. The Hall–Kier alpha value is 0.880. The van der Waals surface area contributed by atoms with Crippen LogP contribution in [-0.2, 0) is 0 Å². The van der Waals surface area contributed by atoms with Gasteiger partial charge in [0, 0.05) is 5.33 Å². The average molecular weight is 445 g/mol. The summed E-state index contributed by atoms with van der Waals surface area (Å²) in [4.78, 5) is 0. The molecule has 0 saturated heterocycles. The SMILES string of the molecule is Br.CCCCCCCCCCCCNCC(C)CC(O)CBr. The van der Waals surface area contributed by atoms with E-state index in [1.54, 1.807) is 0 Å². The zero-order valence-corrected chi connectivity index (χ0v) is 18.1. The average Bonchev–Trinajstić information content (AvgIpc) is 2.48. The third kappa shape index (κ3) is 18.9. The van der Waals surface area contributed by atoms with Gasteiger partial charge in [-0.25, -0.2) is 0 Å². The van der Waals surface area contributed by atoms with Crippen molar-refractivity contribution in [2.45, 2.75) is 90.6 Å². The smallest absolute Gasteiger partial charge is 0.0640 e. The van der Waals surface area contributed by atoms with Crippen LogP contribution in [0.1, 0.15) is 84.5 Å². The number of hydrogen-bond donors (Lipinski definition) is 2. The predicted molar refractivity (Wildman–Crippen MR) is 109 cm³/mol. The van der Waals surface area contributed by atoms with Crippen molar-refractivity contribution in [1.82, 2.24) is 5.32 Å². The van der Waals surface area contributed by atoms with Crippen LogP contribution in [0.5, 0.6) is 0 Å². The van der Waals surface area contributed by atoms with E-state index in [2.05, 4.69) is 35.1 Å². The Labute approximate surface area is 158 Å². The molecule has 0 spiro atoms. The summed E-state index contributed by atoms with van der Waals surface area (Å²) in [5.74, 6) is 0.556. The number of halogens is 2. The molecular formula is C18H39Br2NO. The van der Waals surface area contributed by atoms with Crippen molar-refractivity contribution in [1.29, 1.82) is 0 Å². The topological polar surface area (TPSA) is 32.3 Å². The summed E-state index contributed by atoms with van der Waals surface area (Å²) in [6.45, 7) is 6.64. The lowest BCUT2D eigenvalue weighted by Crippen LogP contribution is -2.25. The quantitative estimate of drug-likeness (QED) is 0.231. The van der Waals surface area contributed by atoms with Crippen LogP contribution in [-0.4, -0.2) is 29.6 Å². The number of nitrogens with one attached hydrogen (secondary N) is 1. The Morgan fingerprint density at radius 2 is 1.41 bits per heavy atom. The van der Waals surface area contributed by atoms with Crippen molar-refractivity contribution >= 4 is 32.9 Å². The van der Waals surface area contributed by atoms with Gasteiger partial charge in [-0.15, -0.1) is 17.0 Å². The van der Waals surface area contributed by atoms with E-state index in [-0.39, 0.29) is 23.1 Å². The Bertz CT molecular complexity index is 206. The minimum atomic E-state index is -0.195. The molecule has 2 nitrogen and oxygen atoms in total. The normalized spacial score (nSPS) is 13.6. The van der Waals surface area contributed by atoms with Crippen molar-refractivity contribution in [3.63, 3.8) is 0 Å². The van der Waals surface area contributed by atoms with E-state index in [0.717, 1.165) is 19.5 Å². The van der Waals surface area contributed by atoms with Crippen LogP contribution in [0.15, 0.2) is 0 Å². The van der Waals surface area contributed by atoms with E-state index in [1.807, 2.05) is 0 Å². The molecule has 2 unspecified atom stereocenters. The Balaban J connectivity index is 0. The summed E-state index contributed by atoms with van der Waals surface area (Å²) in [7, 11) is 0. The van der Waals surface area contributed by atoms with Crippen LogP contribution >= 0.6 is 32.9 Å². The molecule has 4 heteroatoms. The predicted octanol–water partition coefficient (Wildman–Crippen LogP) is 5.86. The van der Waals surface area contributed by atoms with Gasteiger partial charge in [0.1, 0.15) is 0 Å². The second-order valence-corrected chi connectivity index (χ2v) is 7.18. The molecule has 0 rings (SSSR count). The fourth-order valence-corrected chi connectivity index (χ4v) is 2.96. The first-order valence-electron chi connectivity index (χ1n) is 9.15. The molecule has 22 heavy (non-hydrogen) atoms. The van der Waals surface area contributed by atoms with E-state index in [1.165, 1.54) is 64.2 Å². The van der Waals surface area contributed by atoms with Gasteiger partial charge in [0.15, 0.2) is 0 Å². The highest BCUT2D eigenvalue weighted by molar-refractivity contribution is 9.09. The van der Waals surface area contributed by atoms with Crippen LogP contribution < -0.4 is 5.32 Å². The van der Waals surface area contributed by atoms with Crippen LogP contribution in [0, 0.1) is 5.92 Å². The van der Waals surface area contributed by atoms with Gasteiger partial charge >= 0.3 is 0 Å². The first-order chi connectivity index (χ1) is 10.2. The molecule has 136 valence electrons. The number of alkyl halides is 1. The van der Waals surface area contributed by atoms with Gasteiger partial charge in [0.2, 0.25) is 0 Å². The highest BCUT2D eigenvalue weighted by Gasteiger charge is 2.08. The van der Waals surface area contributed by atoms with Gasteiger partial charge in [-0.1, -0.05) is 87.6 Å². The van der Waals surface area contributed by atoms with Crippen molar-refractivity contribution in [3.8, 4) is 0 Å². The number of aliphatic hydroxyl groups excluding tert-OH is 1.